The van der Waals surface area contributed by atoms with Gasteiger partial charge < -0.3 is 20.6 Å². The van der Waals surface area contributed by atoms with Crippen molar-refractivity contribution < 1.29 is 14.7 Å². The number of likely N-dealkylation sites (N-methyl/N-ethyl adjacent to an activating group) is 1. The Labute approximate surface area is 210 Å². The highest BCUT2D eigenvalue weighted by Gasteiger charge is 2.45. The Balaban J connectivity index is 1.57. The van der Waals surface area contributed by atoms with E-state index in [1.54, 1.807) is 23.3 Å². The Morgan fingerprint density at radius 2 is 1.94 bits per heavy atom. The van der Waals surface area contributed by atoms with E-state index < -0.39 is 23.6 Å². The van der Waals surface area contributed by atoms with Crippen molar-refractivity contribution in [2.75, 3.05) is 18.9 Å². The fourth-order valence-corrected chi connectivity index (χ4v) is 4.54. The third kappa shape index (κ3) is 5.54. The SMILES string of the molecule is CNC(=O)[C@@H]1C[C@@H](O)CN1C(=O)[C@@H](n1cc(-c2cccc(NCc3ccncc3)c2)nn1)C(C)(C)C. The summed E-state index contributed by atoms with van der Waals surface area (Å²) in [6, 6.07) is 10.3. The number of aromatic nitrogens is 4. The number of rotatable bonds is 7. The van der Waals surface area contributed by atoms with Gasteiger partial charge in [0.15, 0.2) is 0 Å². The van der Waals surface area contributed by atoms with Crippen LogP contribution < -0.4 is 10.6 Å². The van der Waals surface area contributed by atoms with Crippen LogP contribution in [0.5, 0.6) is 0 Å². The first-order valence-corrected chi connectivity index (χ1v) is 12.0. The van der Waals surface area contributed by atoms with Gasteiger partial charge in [0, 0.05) is 50.2 Å². The van der Waals surface area contributed by atoms with Gasteiger partial charge in [0.2, 0.25) is 11.8 Å². The summed E-state index contributed by atoms with van der Waals surface area (Å²) in [4.78, 5) is 31.6. The number of likely N-dealkylation sites (tertiary alicyclic amines) is 1. The molecule has 0 unspecified atom stereocenters. The van der Waals surface area contributed by atoms with Gasteiger partial charge in [0.05, 0.1) is 12.3 Å². The number of carbonyl (C=O) groups excluding carboxylic acids is 2. The average molecular weight is 492 g/mol. The smallest absolute Gasteiger partial charge is 0.248 e. The Bertz CT molecular complexity index is 1210. The van der Waals surface area contributed by atoms with Gasteiger partial charge >= 0.3 is 0 Å². The quantitative estimate of drug-likeness (QED) is 0.463. The molecule has 4 rings (SSSR count). The number of anilines is 1. The first-order chi connectivity index (χ1) is 17.2. The molecule has 10 nitrogen and oxygen atoms in total. The molecule has 3 N–H and O–H groups in total. The molecular formula is C26H33N7O3. The molecule has 36 heavy (non-hydrogen) atoms. The van der Waals surface area contributed by atoms with Crippen molar-refractivity contribution >= 4 is 17.5 Å². The summed E-state index contributed by atoms with van der Waals surface area (Å²) in [7, 11) is 1.53. The van der Waals surface area contributed by atoms with Crippen molar-refractivity contribution in [1.29, 1.82) is 0 Å². The minimum absolute atomic E-state index is 0.107. The molecule has 3 heterocycles. The summed E-state index contributed by atoms with van der Waals surface area (Å²) in [5.74, 6) is -0.556. The van der Waals surface area contributed by atoms with Crippen LogP contribution in [0.25, 0.3) is 11.3 Å². The minimum Gasteiger partial charge on any atom is -0.391 e. The molecule has 2 aromatic heterocycles. The molecule has 1 aromatic carbocycles. The number of pyridine rings is 1. The van der Waals surface area contributed by atoms with Crippen molar-refractivity contribution in [3.63, 3.8) is 0 Å². The van der Waals surface area contributed by atoms with E-state index >= 15 is 0 Å². The zero-order valence-corrected chi connectivity index (χ0v) is 21.0. The fraction of sp³-hybridized carbons (Fsp3) is 0.423. The molecule has 0 aliphatic carbocycles. The number of nitrogens with one attached hydrogen (secondary N) is 2. The summed E-state index contributed by atoms with van der Waals surface area (Å²) in [6.07, 6.45) is 4.75. The van der Waals surface area contributed by atoms with Crippen molar-refractivity contribution in [2.45, 2.75) is 51.9 Å². The van der Waals surface area contributed by atoms with Crippen LogP contribution in [-0.2, 0) is 16.1 Å². The predicted octanol–water partition coefficient (Wildman–Crippen LogP) is 2.25. The largest absolute Gasteiger partial charge is 0.391 e. The molecule has 1 aliphatic rings. The highest BCUT2D eigenvalue weighted by molar-refractivity contribution is 5.90. The van der Waals surface area contributed by atoms with E-state index in [2.05, 4.69) is 25.9 Å². The van der Waals surface area contributed by atoms with E-state index in [0.717, 1.165) is 16.8 Å². The van der Waals surface area contributed by atoms with Gasteiger partial charge in [0.1, 0.15) is 17.8 Å². The topological polar surface area (TPSA) is 125 Å². The number of hydrogen-bond donors (Lipinski definition) is 3. The third-order valence-electron chi connectivity index (χ3n) is 6.34. The van der Waals surface area contributed by atoms with Gasteiger partial charge in [0.25, 0.3) is 0 Å². The van der Waals surface area contributed by atoms with Gasteiger partial charge in [-0.15, -0.1) is 5.10 Å². The van der Waals surface area contributed by atoms with Crippen LogP contribution in [0.1, 0.15) is 38.8 Å². The van der Waals surface area contributed by atoms with E-state index in [9.17, 15) is 14.7 Å². The number of aliphatic hydroxyl groups excluding tert-OH is 1. The lowest BCUT2D eigenvalue weighted by Crippen LogP contribution is -2.49. The normalized spacial score (nSPS) is 18.6. The van der Waals surface area contributed by atoms with Crippen molar-refractivity contribution in [1.82, 2.24) is 30.2 Å². The summed E-state index contributed by atoms with van der Waals surface area (Å²) >= 11 is 0. The average Bonchev–Trinajstić information content (AvgIpc) is 3.49. The summed E-state index contributed by atoms with van der Waals surface area (Å²) in [6.45, 7) is 6.61. The number of aliphatic hydroxyl groups is 1. The molecule has 3 atom stereocenters. The van der Waals surface area contributed by atoms with E-state index in [0.29, 0.717) is 12.2 Å². The Morgan fingerprint density at radius 1 is 1.19 bits per heavy atom. The number of benzene rings is 1. The molecule has 2 amide bonds. The predicted molar refractivity (Wildman–Crippen MR) is 136 cm³/mol. The highest BCUT2D eigenvalue weighted by atomic mass is 16.3. The van der Waals surface area contributed by atoms with Crippen LogP contribution in [0.15, 0.2) is 55.0 Å². The van der Waals surface area contributed by atoms with E-state index in [-0.39, 0.29) is 24.8 Å². The molecule has 0 spiro atoms. The van der Waals surface area contributed by atoms with Crippen LogP contribution in [-0.4, -0.2) is 67.5 Å². The zero-order chi connectivity index (χ0) is 25.9. The number of nitrogens with zero attached hydrogens (tertiary/aromatic N) is 5. The van der Waals surface area contributed by atoms with Crippen molar-refractivity contribution in [3.8, 4) is 11.3 Å². The minimum atomic E-state index is -0.745. The maximum absolute atomic E-state index is 13.7. The second kappa shape index (κ2) is 10.4. The summed E-state index contributed by atoms with van der Waals surface area (Å²) in [5, 5.41) is 24.9. The molecule has 0 bridgehead atoms. The van der Waals surface area contributed by atoms with Crippen LogP contribution in [0.3, 0.4) is 0 Å². The van der Waals surface area contributed by atoms with Gasteiger partial charge in [-0.3, -0.25) is 14.6 Å². The van der Waals surface area contributed by atoms with Crippen molar-refractivity contribution in [2.24, 2.45) is 5.41 Å². The number of carbonyl (C=O) groups is 2. The second-order valence-corrected chi connectivity index (χ2v) is 10.2. The first-order valence-electron chi connectivity index (χ1n) is 12.0. The van der Waals surface area contributed by atoms with E-state index in [1.807, 2.05) is 57.2 Å². The molecule has 1 fully saturated rings. The molecule has 0 saturated carbocycles. The molecule has 3 aromatic rings. The Morgan fingerprint density at radius 3 is 2.64 bits per heavy atom. The Kier molecular flexibility index (Phi) is 7.35. The van der Waals surface area contributed by atoms with Crippen LogP contribution in [0.4, 0.5) is 5.69 Å². The number of hydrogen-bond acceptors (Lipinski definition) is 7. The summed E-state index contributed by atoms with van der Waals surface area (Å²) in [5.41, 5.74) is 3.03. The van der Waals surface area contributed by atoms with Gasteiger partial charge in [-0.05, 0) is 35.2 Å². The number of amides is 2. The lowest BCUT2D eigenvalue weighted by Gasteiger charge is -2.34. The zero-order valence-electron chi connectivity index (χ0n) is 21.0. The monoisotopic (exact) mass is 491 g/mol. The number of β-amino-alcohol motifs (C(OH)–C–C–N with tert-alkyl or cyclic N) is 1. The lowest BCUT2D eigenvalue weighted by atomic mass is 9.85. The third-order valence-corrected chi connectivity index (χ3v) is 6.34. The highest BCUT2D eigenvalue weighted by Crippen LogP contribution is 2.35. The van der Waals surface area contributed by atoms with Crippen LogP contribution in [0, 0.1) is 5.41 Å². The molecule has 10 heteroatoms. The fourth-order valence-electron chi connectivity index (χ4n) is 4.54. The van der Waals surface area contributed by atoms with Crippen LogP contribution >= 0.6 is 0 Å². The first kappa shape index (κ1) is 25.3. The van der Waals surface area contributed by atoms with E-state index in [4.69, 9.17) is 0 Å². The Hall–Kier alpha value is -3.79. The van der Waals surface area contributed by atoms with Gasteiger partial charge in [-0.25, -0.2) is 4.68 Å². The molecule has 0 radical (unpaired) electrons. The molecular weight excluding hydrogens is 458 g/mol. The van der Waals surface area contributed by atoms with E-state index in [1.165, 1.54) is 11.9 Å². The molecule has 1 saturated heterocycles. The second-order valence-electron chi connectivity index (χ2n) is 10.2. The van der Waals surface area contributed by atoms with Gasteiger partial charge in [-0.2, -0.15) is 0 Å². The molecule has 1 aliphatic heterocycles. The van der Waals surface area contributed by atoms with Gasteiger partial charge in [-0.1, -0.05) is 38.1 Å². The lowest BCUT2D eigenvalue weighted by molar-refractivity contribution is -0.144. The van der Waals surface area contributed by atoms with Crippen LogP contribution in [0.2, 0.25) is 0 Å². The standard InChI is InChI=1S/C26H33N7O3/c1-26(2,3)23(25(36)32-15-20(34)13-22(32)24(35)27-4)33-16-21(30-31-33)18-6-5-7-19(12-18)29-14-17-8-10-28-11-9-17/h5-12,16,20,22-23,29,34H,13-15H2,1-4H3,(H,27,35)/t20-,22+,23-/m1/s1. The van der Waals surface area contributed by atoms with Crippen molar-refractivity contribution in [3.05, 3.63) is 60.6 Å². The summed E-state index contributed by atoms with van der Waals surface area (Å²) < 4.78 is 1.57. The molecule has 190 valence electrons. The maximum Gasteiger partial charge on any atom is 0.248 e. The maximum atomic E-state index is 13.7.